The van der Waals surface area contributed by atoms with Crippen LogP contribution in [0.1, 0.15) is 33.1 Å². The quantitative estimate of drug-likeness (QED) is 0.221. The van der Waals surface area contributed by atoms with Crippen molar-refractivity contribution in [2.75, 3.05) is 46.2 Å². The molecule has 0 saturated carbocycles. The lowest BCUT2D eigenvalue weighted by Gasteiger charge is -2.33. The van der Waals surface area contributed by atoms with E-state index < -0.39 is 0 Å². The second kappa shape index (κ2) is 14.8. The SMILES string of the molecule is CNc1ncc2cc(-c3c(Cl)c(OC)cc(OC)c3Cl)c(=O)n(CCCN3CCCC(NC(=O)/C(C#N)=C/C(C)C)C3)c2n1. The third-order valence-electron chi connectivity index (χ3n) is 7.46. The number of nitrogens with one attached hydrogen (secondary N) is 2. The van der Waals surface area contributed by atoms with Crippen LogP contribution in [0.4, 0.5) is 5.95 Å². The highest BCUT2D eigenvalue weighted by atomic mass is 35.5. The number of piperidine rings is 1. The molecule has 0 spiro atoms. The number of carbonyl (C=O) groups is 1. The number of anilines is 1. The second-order valence-corrected chi connectivity index (χ2v) is 11.7. The molecule has 2 aromatic heterocycles. The summed E-state index contributed by atoms with van der Waals surface area (Å²) in [6, 6.07) is 5.20. The number of methoxy groups -OCH3 is 2. The van der Waals surface area contributed by atoms with Gasteiger partial charge in [-0.3, -0.25) is 14.2 Å². The lowest BCUT2D eigenvalue weighted by atomic mass is 10.0. The number of allylic oxidation sites excluding steroid dienone is 1. The molecular weight excluding hydrogens is 605 g/mol. The summed E-state index contributed by atoms with van der Waals surface area (Å²) in [6.07, 6.45) is 5.71. The van der Waals surface area contributed by atoms with E-state index in [1.54, 1.807) is 36.0 Å². The van der Waals surface area contributed by atoms with E-state index in [1.807, 2.05) is 19.9 Å². The van der Waals surface area contributed by atoms with Gasteiger partial charge in [-0.15, -0.1) is 0 Å². The zero-order valence-electron chi connectivity index (χ0n) is 25.5. The molecule has 1 aromatic carbocycles. The zero-order valence-corrected chi connectivity index (χ0v) is 27.1. The van der Waals surface area contributed by atoms with Crippen LogP contribution in [0, 0.1) is 17.2 Å². The molecule has 3 aromatic rings. The number of amides is 1. The van der Waals surface area contributed by atoms with E-state index in [0.29, 0.717) is 60.1 Å². The van der Waals surface area contributed by atoms with Gasteiger partial charge in [-0.25, -0.2) is 4.98 Å². The number of aryl methyl sites for hydroxylation is 1. The van der Waals surface area contributed by atoms with Crippen molar-refractivity contribution < 1.29 is 14.3 Å². The van der Waals surface area contributed by atoms with Gasteiger partial charge in [0.2, 0.25) is 5.95 Å². The Bertz CT molecular complexity index is 1640. The predicted octanol–water partition coefficient (Wildman–Crippen LogP) is 4.90. The van der Waals surface area contributed by atoms with Crippen LogP contribution < -0.4 is 25.7 Å². The zero-order chi connectivity index (χ0) is 32.0. The van der Waals surface area contributed by atoms with Gasteiger partial charge in [0.25, 0.3) is 11.5 Å². The minimum absolute atomic E-state index is 0.0645. The van der Waals surface area contributed by atoms with Crippen molar-refractivity contribution in [2.24, 2.45) is 5.92 Å². The Morgan fingerprint density at radius 2 is 1.91 bits per heavy atom. The minimum Gasteiger partial charge on any atom is -0.495 e. The van der Waals surface area contributed by atoms with Gasteiger partial charge in [0.1, 0.15) is 28.8 Å². The number of rotatable bonds is 11. The number of fused-ring (bicyclic) bond motifs is 1. The van der Waals surface area contributed by atoms with Crippen LogP contribution in [0.5, 0.6) is 11.5 Å². The number of halogens is 2. The number of likely N-dealkylation sites (tertiary alicyclic amines) is 1. The summed E-state index contributed by atoms with van der Waals surface area (Å²) in [5, 5.41) is 16.4. The summed E-state index contributed by atoms with van der Waals surface area (Å²) >= 11 is 13.4. The third-order valence-corrected chi connectivity index (χ3v) is 8.21. The first-order valence-corrected chi connectivity index (χ1v) is 15.2. The molecule has 4 rings (SSSR count). The first kappa shape index (κ1) is 33.1. The minimum atomic E-state index is -0.339. The molecule has 1 saturated heterocycles. The lowest BCUT2D eigenvalue weighted by Crippen LogP contribution is -2.48. The monoisotopic (exact) mass is 641 g/mol. The molecule has 2 N–H and O–H groups in total. The van der Waals surface area contributed by atoms with E-state index in [-0.39, 0.29) is 44.6 Å². The van der Waals surface area contributed by atoms with Gasteiger partial charge in [0, 0.05) is 49.4 Å². The molecule has 0 aliphatic carbocycles. The second-order valence-electron chi connectivity index (χ2n) is 10.9. The Hall–Kier alpha value is -3.85. The van der Waals surface area contributed by atoms with Crippen molar-refractivity contribution in [2.45, 2.75) is 45.7 Å². The molecule has 1 atom stereocenters. The number of nitriles is 1. The number of hydrogen-bond donors (Lipinski definition) is 2. The number of aromatic nitrogens is 3. The van der Waals surface area contributed by atoms with E-state index in [9.17, 15) is 14.9 Å². The van der Waals surface area contributed by atoms with Crippen molar-refractivity contribution in [3.05, 3.63) is 50.4 Å². The third kappa shape index (κ3) is 7.26. The normalized spacial score (nSPS) is 15.7. The van der Waals surface area contributed by atoms with E-state index in [4.69, 9.17) is 32.7 Å². The van der Waals surface area contributed by atoms with Gasteiger partial charge in [0.15, 0.2) is 0 Å². The number of ether oxygens (including phenoxy) is 2. The van der Waals surface area contributed by atoms with E-state index >= 15 is 0 Å². The van der Waals surface area contributed by atoms with Gasteiger partial charge in [0.05, 0.1) is 29.8 Å². The van der Waals surface area contributed by atoms with Gasteiger partial charge in [-0.1, -0.05) is 43.1 Å². The van der Waals surface area contributed by atoms with Crippen molar-refractivity contribution in [3.63, 3.8) is 0 Å². The number of hydrogen-bond acceptors (Lipinski definition) is 9. The highest BCUT2D eigenvalue weighted by Crippen LogP contribution is 2.45. The maximum atomic E-state index is 14.1. The fourth-order valence-electron chi connectivity index (χ4n) is 5.38. The largest absolute Gasteiger partial charge is 0.495 e. The Balaban J connectivity index is 1.61. The topological polar surface area (TPSA) is 134 Å². The molecule has 1 fully saturated rings. The van der Waals surface area contributed by atoms with Crippen molar-refractivity contribution in [3.8, 4) is 28.7 Å². The standard InChI is InChI=1S/C31H37Cl2N7O4/c1-18(2)12-19(15-34)29(41)37-21-8-6-9-39(17-21)10-7-11-40-28-20(16-36-31(35-3)38-28)13-22(30(40)42)25-26(32)23(43-4)14-24(44-5)27(25)33/h12-14,16,18,21H,6-11,17H2,1-5H3,(H,37,41)(H,35,36,38)/b19-12+. The van der Waals surface area contributed by atoms with E-state index in [2.05, 4.69) is 25.5 Å². The van der Waals surface area contributed by atoms with Crippen molar-refractivity contribution >= 4 is 46.1 Å². The molecule has 1 aliphatic rings. The van der Waals surface area contributed by atoms with Gasteiger partial charge < -0.3 is 25.0 Å². The van der Waals surface area contributed by atoms with Crippen molar-refractivity contribution in [1.29, 1.82) is 5.26 Å². The lowest BCUT2D eigenvalue weighted by molar-refractivity contribution is -0.118. The molecule has 0 bridgehead atoms. The summed E-state index contributed by atoms with van der Waals surface area (Å²) in [5.41, 5.74) is 0.877. The highest BCUT2D eigenvalue weighted by molar-refractivity contribution is 6.41. The smallest absolute Gasteiger partial charge is 0.261 e. The number of pyridine rings is 1. The maximum absolute atomic E-state index is 14.1. The molecule has 0 radical (unpaired) electrons. The van der Waals surface area contributed by atoms with Gasteiger partial charge >= 0.3 is 0 Å². The van der Waals surface area contributed by atoms with Crippen LogP contribution >= 0.6 is 23.2 Å². The number of benzene rings is 1. The van der Waals surface area contributed by atoms with Crippen LogP contribution in [0.15, 0.2) is 34.8 Å². The molecule has 13 heteroatoms. The molecule has 3 heterocycles. The van der Waals surface area contributed by atoms with Crippen LogP contribution in [0.25, 0.3) is 22.2 Å². The van der Waals surface area contributed by atoms with Gasteiger partial charge in [-0.05, 0) is 44.3 Å². The van der Waals surface area contributed by atoms with E-state index in [0.717, 1.165) is 19.4 Å². The molecule has 44 heavy (non-hydrogen) atoms. The van der Waals surface area contributed by atoms with Crippen LogP contribution in [0.2, 0.25) is 10.0 Å². The van der Waals surface area contributed by atoms with E-state index in [1.165, 1.54) is 14.2 Å². The number of carbonyl (C=O) groups excluding carboxylic acids is 1. The Labute approximate surface area is 266 Å². The molecular formula is C31H37Cl2N7O4. The Morgan fingerprint density at radius 3 is 2.52 bits per heavy atom. The number of nitrogens with zero attached hydrogens (tertiary/aromatic N) is 5. The fraction of sp³-hybridized carbons (Fsp3) is 0.452. The molecule has 1 aliphatic heterocycles. The average Bonchev–Trinajstić information content (AvgIpc) is 3.01. The highest BCUT2D eigenvalue weighted by Gasteiger charge is 2.25. The summed E-state index contributed by atoms with van der Waals surface area (Å²) in [4.78, 5) is 38.0. The van der Waals surface area contributed by atoms with Crippen LogP contribution in [0.3, 0.4) is 0 Å². The molecule has 1 unspecified atom stereocenters. The van der Waals surface area contributed by atoms with Crippen LogP contribution in [-0.2, 0) is 11.3 Å². The summed E-state index contributed by atoms with van der Waals surface area (Å²) in [5.74, 6) is 0.793. The summed E-state index contributed by atoms with van der Waals surface area (Å²) in [7, 11) is 4.67. The van der Waals surface area contributed by atoms with Crippen LogP contribution in [-0.4, -0.2) is 72.3 Å². The molecule has 1 amide bonds. The first-order valence-electron chi connectivity index (χ1n) is 14.5. The Morgan fingerprint density at radius 1 is 1.20 bits per heavy atom. The fourth-order valence-corrected chi connectivity index (χ4v) is 6.08. The maximum Gasteiger partial charge on any atom is 0.261 e. The molecule has 11 nitrogen and oxygen atoms in total. The Kier molecular flexibility index (Phi) is 11.1. The predicted molar refractivity (Wildman–Crippen MR) is 173 cm³/mol. The summed E-state index contributed by atoms with van der Waals surface area (Å²) < 4.78 is 12.5. The van der Waals surface area contributed by atoms with Crippen molar-refractivity contribution in [1.82, 2.24) is 24.8 Å². The molecule has 234 valence electrons. The summed E-state index contributed by atoms with van der Waals surface area (Å²) in [6.45, 7) is 6.44. The first-order chi connectivity index (χ1) is 21.1. The average molecular weight is 643 g/mol. The van der Waals surface area contributed by atoms with Gasteiger partial charge in [-0.2, -0.15) is 10.2 Å².